The lowest BCUT2D eigenvalue weighted by molar-refractivity contribution is 0.294. The number of hydrogen-bond acceptors (Lipinski definition) is 4. The lowest BCUT2D eigenvalue weighted by Crippen LogP contribution is -2.04. The van der Waals surface area contributed by atoms with Gasteiger partial charge in [-0.25, -0.2) is 14.4 Å². The molecule has 0 aliphatic carbocycles. The summed E-state index contributed by atoms with van der Waals surface area (Å²) in [5, 5.41) is 5.07. The average Bonchev–Trinajstić information content (AvgIpc) is 2.79. The number of benzene rings is 1. The van der Waals surface area contributed by atoms with Crippen LogP contribution in [-0.4, -0.2) is 19.7 Å². The second kappa shape index (κ2) is 5.05. The Morgan fingerprint density at radius 3 is 3.00 bits per heavy atom. The topological polar surface area (TPSA) is 52.8 Å². The van der Waals surface area contributed by atoms with Crippen LogP contribution in [0.1, 0.15) is 5.82 Å². The van der Waals surface area contributed by atoms with E-state index in [1.165, 1.54) is 12.1 Å². The number of nitrogens with zero attached hydrogens (tertiary/aromatic N) is 4. The van der Waals surface area contributed by atoms with Crippen molar-refractivity contribution in [1.82, 2.24) is 19.7 Å². The number of fused-ring (bicyclic) bond motifs is 1. The monoisotopic (exact) mass is 292 g/mol. The van der Waals surface area contributed by atoms with Crippen LogP contribution in [0.25, 0.3) is 11.0 Å². The zero-order valence-electron chi connectivity index (χ0n) is 10.5. The van der Waals surface area contributed by atoms with Crippen molar-refractivity contribution in [3.05, 3.63) is 47.3 Å². The normalized spacial score (nSPS) is 10.9. The van der Waals surface area contributed by atoms with Crippen molar-refractivity contribution in [2.75, 3.05) is 0 Å². The Kier molecular flexibility index (Phi) is 3.23. The Hall–Kier alpha value is -2.21. The molecule has 1 aromatic carbocycles. The zero-order chi connectivity index (χ0) is 14.1. The van der Waals surface area contributed by atoms with Gasteiger partial charge in [0.15, 0.2) is 11.5 Å². The molecule has 0 unspecified atom stereocenters. The molecule has 0 saturated heterocycles. The zero-order valence-corrected chi connectivity index (χ0v) is 11.3. The van der Waals surface area contributed by atoms with Crippen LogP contribution in [0, 0.1) is 5.82 Å². The first-order chi connectivity index (χ1) is 9.63. The first-order valence-electron chi connectivity index (χ1n) is 5.86. The van der Waals surface area contributed by atoms with E-state index in [2.05, 4.69) is 15.1 Å². The molecule has 0 N–H and O–H groups in total. The fraction of sp³-hybridized carbons (Fsp3) is 0.154. The van der Waals surface area contributed by atoms with Gasteiger partial charge in [-0.15, -0.1) is 0 Å². The number of halogens is 2. The number of hydrogen-bond donors (Lipinski definition) is 0. The summed E-state index contributed by atoms with van der Waals surface area (Å²) in [6, 6.07) is 5.88. The molecule has 0 fully saturated rings. The van der Waals surface area contributed by atoms with Crippen LogP contribution >= 0.6 is 11.6 Å². The molecular formula is C13H10ClFN4O. The molecule has 0 amide bonds. The number of rotatable bonds is 3. The minimum absolute atomic E-state index is 0.101. The van der Waals surface area contributed by atoms with E-state index in [1.54, 1.807) is 30.1 Å². The van der Waals surface area contributed by atoms with Gasteiger partial charge >= 0.3 is 0 Å². The van der Waals surface area contributed by atoms with E-state index in [4.69, 9.17) is 16.3 Å². The van der Waals surface area contributed by atoms with Gasteiger partial charge in [-0.05, 0) is 12.1 Å². The lowest BCUT2D eigenvalue weighted by atomic mass is 10.3. The molecule has 0 bridgehead atoms. The molecule has 2 aromatic heterocycles. The van der Waals surface area contributed by atoms with E-state index in [1.807, 2.05) is 0 Å². The van der Waals surface area contributed by atoms with Crippen LogP contribution < -0.4 is 4.74 Å². The Balaban J connectivity index is 1.86. The van der Waals surface area contributed by atoms with E-state index in [0.717, 1.165) is 0 Å². The van der Waals surface area contributed by atoms with Gasteiger partial charge in [-0.2, -0.15) is 5.10 Å². The summed E-state index contributed by atoms with van der Waals surface area (Å²) >= 11 is 6.06. The first kappa shape index (κ1) is 12.8. The molecule has 0 atom stereocenters. The minimum Gasteiger partial charge on any atom is -0.486 e. The second-order valence-corrected chi connectivity index (χ2v) is 4.54. The Bertz CT molecular complexity index is 774. The average molecular weight is 293 g/mol. The van der Waals surface area contributed by atoms with Gasteiger partial charge in [0.05, 0.1) is 11.6 Å². The number of aryl methyl sites for hydroxylation is 1. The van der Waals surface area contributed by atoms with Crippen LogP contribution in [-0.2, 0) is 13.7 Å². The fourth-order valence-electron chi connectivity index (χ4n) is 1.80. The molecule has 0 aliphatic heterocycles. The van der Waals surface area contributed by atoms with Gasteiger partial charge in [0, 0.05) is 13.1 Å². The van der Waals surface area contributed by atoms with Crippen LogP contribution in [0.15, 0.2) is 30.5 Å². The third kappa shape index (κ3) is 2.42. The SMILES string of the molecule is Cn1ncc2c(Cl)nc(COc3cccc(F)c3)nc21. The molecule has 0 radical (unpaired) electrons. The second-order valence-electron chi connectivity index (χ2n) is 4.18. The van der Waals surface area contributed by atoms with E-state index >= 15 is 0 Å². The molecule has 20 heavy (non-hydrogen) atoms. The summed E-state index contributed by atoms with van der Waals surface area (Å²) in [4.78, 5) is 8.45. The molecule has 0 aliphatic rings. The highest BCUT2D eigenvalue weighted by Crippen LogP contribution is 2.20. The number of aromatic nitrogens is 4. The fourth-order valence-corrected chi connectivity index (χ4v) is 2.03. The summed E-state index contributed by atoms with van der Waals surface area (Å²) in [7, 11) is 1.77. The van der Waals surface area contributed by atoms with Crippen molar-refractivity contribution in [1.29, 1.82) is 0 Å². The third-order valence-electron chi connectivity index (χ3n) is 2.76. The largest absolute Gasteiger partial charge is 0.486 e. The predicted octanol–water partition coefficient (Wildman–Crippen LogP) is 2.73. The highest BCUT2D eigenvalue weighted by Gasteiger charge is 2.10. The van der Waals surface area contributed by atoms with Gasteiger partial charge in [-0.1, -0.05) is 17.7 Å². The van der Waals surface area contributed by atoms with Crippen LogP contribution in [0.5, 0.6) is 5.75 Å². The standard InChI is InChI=1S/C13H10ClFN4O/c1-19-13-10(6-16-19)12(14)17-11(18-13)7-20-9-4-2-3-8(15)5-9/h2-6H,7H2,1H3. The quantitative estimate of drug-likeness (QED) is 0.697. The molecule has 2 heterocycles. The molecule has 0 spiro atoms. The number of ether oxygens (including phenoxy) is 1. The minimum atomic E-state index is -0.358. The van der Waals surface area contributed by atoms with Crippen molar-refractivity contribution < 1.29 is 9.13 Å². The summed E-state index contributed by atoms with van der Waals surface area (Å²) in [5.41, 5.74) is 0.628. The van der Waals surface area contributed by atoms with E-state index in [0.29, 0.717) is 27.8 Å². The van der Waals surface area contributed by atoms with Gasteiger partial charge in [0.2, 0.25) is 0 Å². The van der Waals surface area contributed by atoms with Crippen molar-refractivity contribution in [3.63, 3.8) is 0 Å². The first-order valence-corrected chi connectivity index (χ1v) is 6.24. The summed E-state index contributed by atoms with van der Waals surface area (Å²) in [5.74, 6) is 0.466. The molecular weight excluding hydrogens is 283 g/mol. The van der Waals surface area contributed by atoms with Gasteiger partial charge in [0.25, 0.3) is 0 Å². The summed E-state index contributed by atoms with van der Waals surface area (Å²) in [6.07, 6.45) is 1.61. The Morgan fingerprint density at radius 1 is 1.35 bits per heavy atom. The van der Waals surface area contributed by atoms with Gasteiger partial charge in [-0.3, -0.25) is 4.68 Å². The highest BCUT2D eigenvalue weighted by atomic mass is 35.5. The van der Waals surface area contributed by atoms with E-state index < -0.39 is 0 Å². The third-order valence-corrected chi connectivity index (χ3v) is 3.04. The van der Waals surface area contributed by atoms with Crippen LogP contribution in [0.4, 0.5) is 4.39 Å². The van der Waals surface area contributed by atoms with E-state index in [-0.39, 0.29) is 12.4 Å². The maximum atomic E-state index is 13.0. The van der Waals surface area contributed by atoms with Crippen molar-refractivity contribution in [2.45, 2.75) is 6.61 Å². The molecule has 102 valence electrons. The summed E-state index contributed by atoms with van der Waals surface area (Å²) < 4.78 is 20.1. The maximum Gasteiger partial charge on any atom is 0.170 e. The van der Waals surface area contributed by atoms with Crippen LogP contribution in [0.2, 0.25) is 5.15 Å². The lowest BCUT2D eigenvalue weighted by Gasteiger charge is -2.06. The van der Waals surface area contributed by atoms with E-state index in [9.17, 15) is 4.39 Å². The maximum absolute atomic E-state index is 13.0. The Morgan fingerprint density at radius 2 is 2.20 bits per heavy atom. The predicted molar refractivity (Wildman–Crippen MR) is 72.0 cm³/mol. The molecule has 5 nitrogen and oxygen atoms in total. The Labute approximate surface area is 119 Å². The van der Waals surface area contributed by atoms with Crippen LogP contribution in [0.3, 0.4) is 0 Å². The summed E-state index contributed by atoms with van der Waals surface area (Å²) in [6.45, 7) is 0.101. The molecule has 3 aromatic rings. The molecule has 7 heteroatoms. The van der Waals surface area contributed by atoms with Crippen molar-refractivity contribution in [3.8, 4) is 5.75 Å². The highest BCUT2D eigenvalue weighted by molar-refractivity contribution is 6.33. The van der Waals surface area contributed by atoms with Gasteiger partial charge < -0.3 is 4.74 Å². The van der Waals surface area contributed by atoms with Crippen molar-refractivity contribution in [2.24, 2.45) is 7.05 Å². The smallest absolute Gasteiger partial charge is 0.170 e. The molecule has 0 saturated carbocycles. The van der Waals surface area contributed by atoms with Crippen molar-refractivity contribution >= 4 is 22.6 Å². The molecule has 3 rings (SSSR count). The van der Waals surface area contributed by atoms with Gasteiger partial charge in [0.1, 0.15) is 23.3 Å².